The molecule has 5 aliphatic carbocycles. The van der Waals surface area contributed by atoms with Gasteiger partial charge in [-0.15, -0.1) is 0 Å². The summed E-state index contributed by atoms with van der Waals surface area (Å²) < 4.78 is 5.85. The summed E-state index contributed by atoms with van der Waals surface area (Å²) in [6.45, 7) is 21.2. The van der Waals surface area contributed by atoms with Crippen LogP contribution in [0.2, 0.25) is 0 Å². The normalized spacial score (nSPS) is 49.7. The Bertz CT molecular complexity index is 953. The summed E-state index contributed by atoms with van der Waals surface area (Å²) in [5.41, 5.74) is 2.61. The maximum Gasteiger partial charge on any atom is 0.302 e. The van der Waals surface area contributed by atoms with Gasteiger partial charge in [0.15, 0.2) is 0 Å². The summed E-state index contributed by atoms with van der Waals surface area (Å²) in [5.74, 6) is 1.18. The third-order valence-electron chi connectivity index (χ3n) is 13.5. The molecule has 37 heavy (non-hydrogen) atoms. The van der Waals surface area contributed by atoms with Crippen LogP contribution in [-0.4, -0.2) is 28.9 Å². The first-order chi connectivity index (χ1) is 16.6. The van der Waals surface area contributed by atoms with E-state index >= 15 is 0 Å². The molecule has 4 unspecified atom stereocenters. The lowest BCUT2D eigenvalue weighted by atomic mass is 9.33. The summed E-state index contributed by atoms with van der Waals surface area (Å²) in [6.07, 6.45) is 12.6. The maximum absolute atomic E-state index is 12.0. The van der Waals surface area contributed by atoms with Crippen molar-refractivity contribution in [3.8, 4) is 0 Å². The van der Waals surface area contributed by atoms with Crippen LogP contribution in [0.1, 0.15) is 120 Å². The van der Waals surface area contributed by atoms with Gasteiger partial charge in [-0.25, -0.2) is 4.89 Å². The zero-order valence-electron chi connectivity index (χ0n) is 25.0. The molecule has 0 radical (unpaired) electrons. The van der Waals surface area contributed by atoms with Gasteiger partial charge in [-0.05, 0) is 90.8 Å². The molecule has 5 nitrogen and oxygen atoms in total. The van der Waals surface area contributed by atoms with Crippen LogP contribution in [0.5, 0.6) is 0 Å². The Hall–Kier alpha value is -0.910. The first-order valence-corrected chi connectivity index (χ1v) is 14.7. The van der Waals surface area contributed by atoms with Gasteiger partial charge in [0.25, 0.3) is 0 Å². The van der Waals surface area contributed by atoms with E-state index in [0.717, 1.165) is 12.8 Å². The molecule has 0 heterocycles. The third-order valence-corrected chi connectivity index (χ3v) is 13.5. The second-order valence-corrected chi connectivity index (χ2v) is 16.0. The van der Waals surface area contributed by atoms with Crippen molar-refractivity contribution in [2.45, 2.75) is 132 Å². The highest BCUT2D eigenvalue weighted by atomic mass is 17.1. The maximum atomic E-state index is 12.0. The van der Waals surface area contributed by atoms with E-state index in [1.807, 2.05) is 0 Å². The zero-order chi connectivity index (χ0) is 26.5. The fourth-order valence-corrected chi connectivity index (χ4v) is 11.0. The fourth-order valence-electron chi connectivity index (χ4n) is 11.0. The number of carbonyl (C=O) groups is 1. The van der Waals surface area contributed by atoms with Gasteiger partial charge < -0.3 is 10.2 Å². The van der Waals surface area contributed by atoms with Gasteiger partial charge in [0.05, 0.1) is 0 Å². The number of carbonyl (C=O) groups excluding carboxylic acids is 1. The van der Waals surface area contributed by atoms with Crippen molar-refractivity contribution < 1.29 is 25.2 Å². The van der Waals surface area contributed by atoms with Crippen molar-refractivity contribution in [2.75, 3.05) is 0 Å². The highest BCUT2D eigenvalue weighted by molar-refractivity contribution is 5.66. The monoisotopic (exact) mass is 518 g/mol. The van der Waals surface area contributed by atoms with E-state index in [2.05, 4.69) is 61.5 Å². The Morgan fingerprint density at radius 3 is 2.19 bits per heavy atom. The number of rotatable bonds is 2. The van der Waals surface area contributed by atoms with Crippen molar-refractivity contribution in [3.05, 3.63) is 11.6 Å². The van der Waals surface area contributed by atoms with Gasteiger partial charge in [-0.2, -0.15) is 0 Å². The molecular weight excluding hydrogens is 464 g/mol. The summed E-state index contributed by atoms with van der Waals surface area (Å²) >= 11 is 0. The predicted molar refractivity (Wildman–Crippen MR) is 147 cm³/mol. The topological polar surface area (TPSA) is 87.3 Å². The summed E-state index contributed by atoms with van der Waals surface area (Å²) in [4.78, 5) is 17.3. The quantitative estimate of drug-likeness (QED) is 0.179. The minimum absolute atomic E-state index is 0. The highest BCUT2D eigenvalue weighted by Gasteiger charge is 2.70. The second-order valence-electron chi connectivity index (χ2n) is 16.0. The number of esters is 1. The van der Waals surface area contributed by atoms with Crippen LogP contribution in [0, 0.1) is 50.2 Å². The number of hydrogen-bond donors (Lipinski definition) is 1. The number of allylic oxidation sites excluding steroid dienone is 2. The van der Waals surface area contributed by atoms with Crippen LogP contribution in [0.25, 0.3) is 0 Å². The van der Waals surface area contributed by atoms with E-state index in [4.69, 9.17) is 9.62 Å². The molecule has 0 aliphatic heterocycles. The molecule has 4 fully saturated rings. The van der Waals surface area contributed by atoms with Crippen molar-refractivity contribution in [1.29, 1.82) is 0 Å². The van der Waals surface area contributed by atoms with E-state index < -0.39 is 0 Å². The van der Waals surface area contributed by atoms with Gasteiger partial charge in [0.2, 0.25) is 0 Å². The van der Waals surface area contributed by atoms with Gasteiger partial charge >= 0.3 is 5.97 Å². The lowest BCUT2D eigenvalue weighted by Crippen LogP contribution is -2.68. The van der Waals surface area contributed by atoms with Crippen LogP contribution >= 0.6 is 0 Å². The molecule has 0 aromatic heterocycles. The molecule has 3 N–H and O–H groups in total. The summed E-state index contributed by atoms with van der Waals surface area (Å²) in [6, 6.07) is 0. The molecule has 5 aliphatic rings. The van der Waals surface area contributed by atoms with Crippen LogP contribution < -0.4 is 0 Å². The first-order valence-electron chi connectivity index (χ1n) is 14.7. The van der Waals surface area contributed by atoms with Crippen LogP contribution in [0.3, 0.4) is 0 Å². The molecule has 0 bridgehead atoms. The molecule has 0 amide bonds. The minimum Gasteiger partial charge on any atom is -0.462 e. The molecule has 212 valence electrons. The molecule has 5 heteroatoms. The van der Waals surface area contributed by atoms with Crippen molar-refractivity contribution in [2.24, 2.45) is 50.2 Å². The van der Waals surface area contributed by atoms with Crippen molar-refractivity contribution >= 4 is 5.97 Å². The highest BCUT2D eigenvalue weighted by Crippen LogP contribution is 2.76. The smallest absolute Gasteiger partial charge is 0.302 e. The fraction of sp³-hybridized carbons (Fsp3) is 0.906. The van der Waals surface area contributed by atoms with Crippen molar-refractivity contribution in [1.82, 2.24) is 0 Å². The minimum atomic E-state index is -0.328. The average molecular weight is 519 g/mol. The molecule has 0 aromatic rings. The number of fused-ring (bicyclic) bond motifs is 7. The van der Waals surface area contributed by atoms with Gasteiger partial charge in [0.1, 0.15) is 12.2 Å². The lowest BCUT2D eigenvalue weighted by Gasteiger charge is -2.72. The van der Waals surface area contributed by atoms with Crippen LogP contribution in [-0.2, 0) is 14.4 Å². The molecule has 0 spiro atoms. The zero-order valence-corrected chi connectivity index (χ0v) is 25.0. The second kappa shape index (κ2) is 8.80. The molecule has 4 saturated carbocycles. The summed E-state index contributed by atoms with van der Waals surface area (Å²) in [5, 5.41) is 10.3. The van der Waals surface area contributed by atoms with Crippen molar-refractivity contribution in [3.63, 3.8) is 0 Å². The molecule has 0 saturated heterocycles. The molecule has 5 rings (SSSR count). The van der Waals surface area contributed by atoms with E-state index in [1.165, 1.54) is 45.4 Å². The van der Waals surface area contributed by atoms with Gasteiger partial charge in [0, 0.05) is 24.2 Å². The third kappa shape index (κ3) is 3.84. The number of hydrogen-bond acceptors (Lipinski definition) is 4. The van der Waals surface area contributed by atoms with Crippen LogP contribution in [0.15, 0.2) is 11.6 Å². The van der Waals surface area contributed by atoms with E-state index in [9.17, 15) is 10.1 Å². The van der Waals surface area contributed by atoms with E-state index in [-0.39, 0.29) is 45.3 Å². The largest absolute Gasteiger partial charge is 0.462 e. The van der Waals surface area contributed by atoms with E-state index in [0.29, 0.717) is 35.0 Å². The Morgan fingerprint density at radius 2 is 1.57 bits per heavy atom. The van der Waals surface area contributed by atoms with Gasteiger partial charge in [-0.1, -0.05) is 67.0 Å². The molecular formula is C32H54O5. The predicted octanol–water partition coefficient (Wildman–Crippen LogP) is 7.38. The molecule has 9 atom stereocenters. The summed E-state index contributed by atoms with van der Waals surface area (Å²) in [7, 11) is 0. The number of ether oxygens (including phenoxy) is 1. The standard InChI is InChI=1S/C32H52O4.H2O/c1-20(33)35-25-18-26(36-34)32(9)23(28(25,4)5)12-13-31(8)24(32)11-10-21-22-19-27(2,3)14-15-29(22,6)16-17-30(21,31)7;/h10,22-26,34H,11-19H2,1-9H3;1H2/t22?,23?,24?,25-,26?,29+,30+,31+,32-;/m0./s1. The Labute approximate surface area is 225 Å². The Balaban J connectivity index is 0.00000320. The SMILES string of the molecule is CC(=O)O[C@H]1CC(OO)[C@@]2(C)C(CC[C@]3(C)C2CC=C2C4CC(C)(C)CC[C@]4(C)CC[C@]23C)C1(C)C.O. The van der Waals surface area contributed by atoms with E-state index in [1.54, 1.807) is 5.57 Å². The Morgan fingerprint density at radius 1 is 0.919 bits per heavy atom. The van der Waals surface area contributed by atoms with Crippen LogP contribution in [0.4, 0.5) is 0 Å². The lowest BCUT2D eigenvalue weighted by molar-refractivity contribution is -0.355. The van der Waals surface area contributed by atoms with Gasteiger partial charge in [-0.3, -0.25) is 10.1 Å². The first kappa shape index (κ1) is 29.1. The Kier molecular flexibility index (Phi) is 6.91. The average Bonchev–Trinajstić information content (AvgIpc) is 2.77. The molecule has 0 aromatic carbocycles.